The van der Waals surface area contributed by atoms with E-state index in [9.17, 15) is 14.4 Å². The molecule has 1 amide bonds. The summed E-state index contributed by atoms with van der Waals surface area (Å²) in [5, 5.41) is 0. The lowest BCUT2D eigenvalue weighted by Gasteiger charge is -2.12. The Kier molecular flexibility index (Phi) is 6.92. The van der Waals surface area contributed by atoms with E-state index < -0.39 is 0 Å². The molecule has 0 unspecified atom stereocenters. The minimum absolute atomic E-state index is 0.226. The molecule has 0 saturated carbocycles. The lowest BCUT2D eigenvalue weighted by Crippen LogP contribution is -2.33. The van der Waals surface area contributed by atoms with E-state index in [1.54, 1.807) is 68.1 Å². The van der Waals surface area contributed by atoms with Gasteiger partial charge in [-0.3, -0.25) is 19.2 Å². The minimum atomic E-state index is -0.386. The number of hydrogen-bond acceptors (Lipinski definition) is 7. The van der Waals surface area contributed by atoms with E-state index in [2.05, 4.69) is 0 Å². The number of carbonyl (C=O) groups excluding carboxylic acids is 2. The number of para-hydroxylation sites is 1. The maximum atomic E-state index is 13.4. The number of aromatic nitrogens is 2. The van der Waals surface area contributed by atoms with Crippen molar-refractivity contribution in [3.63, 3.8) is 0 Å². The average molecular weight is 546 g/mol. The first-order valence-electron chi connectivity index (χ1n) is 11.8. The van der Waals surface area contributed by atoms with Gasteiger partial charge >= 0.3 is 5.97 Å². The molecular weight excluding hydrogens is 522 g/mol. The molecule has 4 aromatic rings. The van der Waals surface area contributed by atoms with Crippen LogP contribution in [0.15, 0.2) is 80.8 Å². The van der Waals surface area contributed by atoms with Crippen molar-refractivity contribution in [2.24, 2.45) is 7.05 Å². The predicted octanol–water partition coefficient (Wildman–Crippen LogP) is 5.33. The first-order valence-corrected chi connectivity index (χ1v) is 13.0. The Hall–Kier alpha value is -4.15. The van der Waals surface area contributed by atoms with Crippen LogP contribution in [0.3, 0.4) is 0 Å². The number of esters is 1. The molecule has 2 aromatic carbocycles. The van der Waals surface area contributed by atoms with Gasteiger partial charge in [-0.1, -0.05) is 54.3 Å². The molecule has 0 N–H and O–H groups in total. The van der Waals surface area contributed by atoms with E-state index in [0.29, 0.717) is 40.0 Å². The summed E-state index contributed by atoms with van der Waals surface area (Å²) in [7, 11) is 1.77. The summed E-state index contributed by atoms with van der Waals surface area (Å²) in [6.07, 6.45) is 1.61. The van der Waals surface area contributed by atoms with E-state index in [1.807, 2.05) is 30.3 Å². The van der Waals surface area contributed by atoms with Gasteiger partial charge in [0.25, 0.3) is 11.5 Å². The van der Waals surface area contributed by atoms with Crippen molar-refractivity contribution in [1.29, 1.82) is 0 Å². The number of thiocarbonyl (C=S) groups is 1. The summed E-state index contributed by atoms with van der Waals surface area (Å²) < 4.78 is 14.5. The fourth-order valence-corrected chi connectivity index (χ4v) is 5.42. The first kappa shape index (κ1) is 25.5. The van der Waals surface area contributed by atoms with Crippen LogP contribution in [0.4, 0.5) is 5.69 Å². The summed E-state index contributed by atoms with van der Waals surface area (Å²) in [6.45, 7) is 3.85. The van der Waals surface area contributed by atoms with Crippen molar-refractivity contribution in [2.45, 2.75) is 13.8 Å². The van der Waals surface area contributed by atoms with E-state index in [0.717, 1.165) is 17.3 Å². The summed E-state index contributed by atoms with van der Waals surface area (Å²) in [6, 6.07) is 19.6. The highest BCUT2D eigenvalue weighted by Gasteiger charge is 2.38. The molecule has 0 atom stereocenters. The summed E-state index contributed by atoms with van der Waals surface area (Å²) in [4.78, 5) is 40.4. The Labute approximate surface area is 228 Å². The van der Waals surface area contributed by atoms with Gasteiger partial charge in [0.2, 0.25) is 0 Å². The molecule has 3 heterocycles. The third-order valence-corrected chi connectivity index (χ3v) is 7.42. The van der Waals surface area contributed by atoms with E-state index in [4.69, 9.17) is 21.4 Å². The Morgan fingerprint density at radius 1 is 1.05 bits per heavy atom. The van der Waals surface area contributed by atoms with Crippen LogP contribution in [0.25, 0.3) is 23.1 Å². The molecule has 8 nitrogen and oxygen atoms in total. The molecule has 0 radical (unpaired) electrons. The molecule has 10 heteroatoms. The lowest BCUT2D eigenvalue weighted by atomic mass is 10.1. The zero-order valence-electron chi connectivity index (χ0n) is 20.8. The van der Waals surface area contributed by atoms with Crippen molar-refractivity contribution in [3.8, 4) is 17.0 Å². The SMILES string of the molecule is CCOC(=O)c1ccc(-c2ccc(/C=C3\SC(=S)N(c4c(C)n(C)n(-c5ccccc5)c4=O)C3=O)o2)cc1. The summed E-state index contributed by atoms with van der Waals surface area (Å²) in [5.74, 6) is 0.265. The van der Waals surface area contributed by atoms with Crippen LogP contribution < -0.4 is 10.5 Å². The highest BCUT2D eigenvalue weighted by atomic mass is 32.2. The van der Waals surface area contributed by atoms with Gasteiger partial charge in [0.15, 0.2) is 4.32 Å². The molecule has 1 aliphatic heterocycles. The number of thioether (sulfide) groups is 1. The van der Waals surface area contributed by atoms with Crippen LogP contribution >= 0.6 is 24.0 Å². The molecule has 0 bridgehead atoms. The molecule has 0 spiro atoms. The van der Waals surface area contributed by atoms with Gasteiger partial charge in [0.1, 0.15) is 17.2 Å². The van der Waals surface area contributed by atoms with Crippen LogP contribution in [0, 0.1) is 6.92 Å². The van der Waals surface area contributed by atoms with Gasteiger partial charge in [-0.05, 0) is 50.2 Å². The van der Waals surface area contributed by atoms with Crippen molar-refractivity contribution >= 4 is 51.9 Å². The van der Waals surface area contributed by atoms with Gasteiger partial charge < -0.3 is 9.15 Å². The number of furan rings is 1. The normalized spacial score (nSPS) is 14.5. The Balaban J connectivity index is 1.42. The Bertz CT molecular complexity index is 1650. The Morgan fingerprint density at radius 2 is 1.76 bits per heavy atom. The van der Waals surface area contributed by atoms with Gasteiger partial charge in [0.05, 0.1) is 28.5 Å². The molecule has 1 saturated heterocycles. The van der Waals surface area contributed by atoms with Crippen molar-refractivity contribution in [1.82, 2.24) is 9.36 Å². The smallest absolute Gasteiger partial charge is 0.338 e. The van der Waals surface area contributed by atoms with Crippen LogP contribution in [0.2, 0.25) is 0 Å². The van der Waals surface area contributed by atoms with E-state index in [-0.39, 0.29) is 27.4 Å². The zero-order valence-corrected chi connectivity index (χ0v) is 22.5. The molecule has 1 fully saturated rings. The minimum Gasteiger partial charge on any atom is -0.462 e. The molecule has 5 rings (SSSR count). The highest BCUT2D eigenvalue weighted by Crippen LogP contribution is 2.37. The number of rotatable bonds is 6. The summed E-state index contributed by atoms with van der Waals surface area (Å²) >= 11 is 6.63. The number of carbonyl (C=O) groups is 2. The van der Waals surface area contributed by atoms with Crippen LogP contribution in [-0.2, 0) is 16.6 Å². The van der Waals surface area contributed by atoms with E-state index in [1.165, 1.54) is 9.58 Å². The largest absolute Gasteiger partial charge is 0.462 e. The fourth-order valence-electron chi connectivity index (χ4n) is 4.17. The number of hydrogen-bond donors (Lipinski definition) is 0. The fraction of sp³-hybridized carbons (Fsp3) is 0.143. The quantitative estimate of drug-likeness (QED) is 0.184. The Morgan fingerprint density at radius 3 is 2.45 bits per heavy atom. The van der Waals surface area contributed by atoms with Gasteiger partial charge in [-0.25, -0.2) is 9.48 Å². The van der Waals surface area contributed by atoms with Crippen LogP contribution in [0.1, 0.15) is 28.7 Å². The van der Waals surface area contributed by atoms with Crippen molar-refractivity contribution in [2.75, 3.05) is 11.5 Å². The molecule has 0 aliphatic carbocycles. The monoisotopic (exact) mass is 545 g/mol. The number of anilines is 1. The van der Waals surface area contributed by atoms with Gasteiger partial charge in [-0.15, -0.1) is 0 Å². The predicted molar refractivity (Wildman–Crippen MR) is 151 cm³/mol. The molecule has 192 valence electrons. The standard InChI is InChI=1S/C28H23N3O5S2/c1-4-35-27(34)19-12-10-18(11-13-19)22-15-14-21(36-22)16-23-25(32)30(28(37)38-23)24-17(2)29(3)31(26(24)33)20-8-6-5-7-9-20/h5-16H,4H2,1-3H3/b23-16-. The summed E-state index contributed by atoms with van der Waals surface area (Å²) in [5.41, 5.74) is 2.42. The molecular formula is C28H23N3O5S2. The topological polar surface area (TPSA) is 86.7 Å². The highest BCUT2D eigenvalue weighted by molar-refractivity contribution is 8.27. The van der Waals surface area contributed by atoms with Gasteiger partial charge in [0, 0.05) is 18.7 Å². The number of nitrogens with zero attached hydrogens (tertiary/aromatic N) is 3. The van der Waals surface area contributed by atoms with E-state index >= 15 is 0 Å². The van der Waals surface area contributed by atoms with Crippen molar-refractivity contribution in [3.05, 3.63) is 99.0 Å². The van der Waals surface area contributed by atoms with Crippen LogP contribution in [0.5, 0.6) is 0 Å². The lowest BCUT2D eigenvalue weighted by molar-refractivity contribution is -0.113. The zero-order chi connectivity index (χ0) is 27.0. The van der Waals surface area contributed by atoms with Gasteiger partial charge in [-0.2, -0.15) is 0 Å². The second-order valence-electron chi connectivity index (χ2n) is 8.43. The second kappa shape index (κ2) is 10.3. The molecule has 38 heavy (non-hydrogen) atoms. The van der Waals surface area contributed by atoms with Crippen molar-refractivity contribution < 1.29 is 18.7 Å². The number of amides is 1. The first-order chi connectivity index (χ1) is 18.3. The third-order valence-electron chi connectivity index (χ3n) is 6.12. The maximum absolute atomic E-state index is 13.4. The average Bonchev–Trinajstić information content (AvgIpc) is 3.55. The van der Waals surface area contributed by atoms with Crippen LogP contribution in [-0.4, -0.2) is 32.2 Å². The number of ether oxygens (including phenoxy) is 1. The third kappa shape index (κ3) is 4.52. The second-order valence-corrected chi connectivity index (χ2v) is 10.1. The molecule has 2 aromatic heterocycles. The maximum Gasteiger partial charge on any atom is 0.338 e. The number of benzene rings is 2. The molecule has 1 aliphatic rings.